The molecule has 2 rings (SSSR count). The van der Waals surface area contributed by atoms with E-state index in [1.165, 1.54) is 5.51 Å². The Morgan fingerprint density at radius 1 is 1.43 bits per heavy atom. The zero-order valence-electron chi connectivity index (χ0n) is 12.2. The Balaban J connectivity index is 2.30. The predicted molar refractivity (Wildman–Crippen MR) is 82.9 cm³/mol. The zero-order valence-corrected chi connectivity index (χ0v) is 13.8. The quantitative estimate of drug-likeness (QED) is 0.809. The van der Waals surface area contributed by atoms with Crippen LogP contribution in [0.4, 0.5) is 5.13 Å². The topological polar surface area (TPSA) is 88.9 Å². The molecule has 0 atom stereocenters. The van der Waals surface area contributed by atoms with Crippen LogP contribution in [0.1, 0.15) is 32.5 Å². The number of anilines is 1. The first-order valence-corrected chi connectivity index (χ1v) is 9.00. The van der Waals surface area contributed by atoms with Crippen LogP contribution in [-0.4, -0.2) is 29.7 Å². The van der Waals surface area contributed by atoms with E-state index in [0.29, 0.717) is 6.54 Å². The Bertz CT molecular complexity index is 677. The molecular weight excluding hydrogens is 310 g/mol. The van der Waals surface area contributed by atoms with Crippen LogP contribution in [0.5, 0.6) is 0 Å². The normalized spacial score (nSPS) is 12.0. The van der Waals surface area contributed by atoms with E-state index in [4.69, 9.17) is 0 Å². The van der Waals surface area contributed by atoms with Gasteiger partial charge in [0.1, 0.15) is 10.4 Å². The lowest BCUT2D eigenvalue weighted by atomic mass is 10.3. The summed E-state index contributed by atoms with van der Waals surface area (Å²) >= 11 is 1.14. The molecule has 0 fully saturated rings. The molecule has 116 valence electrons. The molecule has 0 aliphatic carbocycles. The third-order valence-corrected chi connectivity index (χ3v) is 4.95. The Hall–Kier alpha value is -1.45. The van der Waals surface area contributed by atoms with E-state index >= 15 is 0 Å². The van der Waals surface area contributed by atoms with Crippen molar-refractivity contribution in [2.45, 2.75) is 38.3 Å². The highest BCUT2D eigenvalue weighted by Crippen LogP contribution is 2.22. The van der Waals surface area contributed by atoms with E-state index in [2.05, 4.69) is 20.2 Å². The van der Waals surface area contributed by atoms with Gasteiger partial charge in [-0.05, 0) is 26.5 Å². The van der Waals surface area contributed by atoms with E-state index < -0.39 is 10.0 Å². The molecule has 0 aromatic carbocycles. The van der Waals surface area contributed by atoms with Crippen molar-refractivity contribution in [1.82, 2.24) is 20.1 Å². The maximum Gasteiger partial charge on any atom is 0.265 e. The van der Waals surface area contributed by atoms with Crippen LogP contribution >= 0.6 is 11.3 Å². The van der Waals surface area contributed by atoms with E-state index in [-0.39, 0.29) is 16.1 Å². The smallest absolute Gasteiger partial charge is 0.265 e. The van der Waals surface area contributed by atoms with Crippen LogP contribution in [0.2, 0.25) is 0 Å². The number of hydrogen-bond donors (Lipinski definition) is 2. The standard InChI is InChI=1S/C12H19N5O2S2/c1-4-13-6-10-5-11(7-17(10)9(2)3)21(18,19)16-12-15-14-8-20-12/h5,7-9,13H,4,6H2,1-3H3,(H,15,16). The average molecular weight is 329 g/mol. The van der Waals surface area contributed by atoms with Crippen molar-refractivity contribution in [3.8, 4) is 0 Å². The molecule has 0 aliphatic rings. The van der Waals surface area contributed by atoms with Crippen LogP contribution in [-0.2, 0) is 16.6 Å². The Morgan fingerprint density at radius 2 is 2.19 bits per heavy atom. The number of hydrogen-bond acceptors (Lipinski definition) is 6. The number of nitrogens with zero attached hydrogens (tertiary/aromatic N) is 3. The summed E-state index contributed by atoms with van der Waals surface area (Å²) in [7, 11) is -3.63. The first-order valence-electron chi connectivity index (χ1n) is 6.64. The summed E-state index contributed by atoms with van der Waals surface area (Å²) in [6.45, 7) is 7.50. The molecule has 0 unspecified atom stereocenters. The first-order chi connectivity index (χ1) is 9.94. The average Bonchev–Trinajstić information content (AvgIpc) is 3.04. The van der Waals surface area contributed by atoms with Crippen molar-refractivity contribution >= 4 is 26.5 Å². The van der Waals surface area contributed by atoms with E-state index in [9.17, 15) is 8.42 Å². The van der Waals surface area contributed by atoms with Gasteiger partial charge >= 0.3 is 0 Å². The van der Waals surface area contributed by atoms with Crippen LogP contribution in [0.25, 0.3) is 0 Å². The van der Waals surface area contributed by atoms with E-state index in [1.54, 1.807) is 12.3 Å². The van der Waals surface area contributed by atoms with Crippen molar-refractivity contribution < 1.29 is 8.42 Å². The minimum Gasteiger partial charge on any atom is -0.346 e. The van der Waals surface area contributed by atoms with Crippen molar-refractivity contribution in [3.63, 3.8) is 0 Å². The van der Waals surface area contributed by atoms with Crippen LogP contribution in [0.3, 0.4) is 0 Å². The molecule has 2 heterocycles. The van der Waals surface area contributed by atoms with Gasteiger partial charge in [-0.3, -0.25) is 4.72 Å². The molecule has 0 aliphatic heterocycles. The number of rotatable bonds is 7. The van der Waals surface area contributed by atoms with Crippen molar-refractivity contribution in [2.75, 3.05) is 11.3 Å². The van der Waals surface area contributed by atoms with Crippen LogP contribution in [0.15, 0.2) is 22.7 Å². The van der Waals surface area contributed by atoms with Crippen LogP contribution in [0, 0.1) is 0 Å². The highest BCUT2D eigenvalue weighted by atomic mass is 32.2. The van der Waals surface area contributed by atoms with Gasteiger partial charge in [-0.25, -0.2) is 8.42 Å². The summed E-state index contributed by atoms with van der Waals surface area (Å²) in [6.07, 6.45) is 1.65. The molecule has 0 spiro atoms. The second-order valence-electron chi connectivity index (χ2n) is 4.80. The Labute approximate surface area is 128 Å². The van der Waals surface area contributed by atoms with E-state index in [0.717, 1.165) is 23.6 Å². The largest absolute Gasteiger partial charge is 0.346 e. The molecule has 2 aromatic rings. The SMILES string of the molecule is CCNCc1cc(S(=O)(=O)Nc2nncs2)cn1C(C)C. The molecule has 0 saturated carbocycles. The molecule has 0 saturated heterocycles. The summed E-state index contributed by atoms with van der Waals surface area (Å²) in [5.74, 6) is 0. The van der Waals surface area contributed by atoms with Gasteiger partial charge in [0.2, 0.25) is 5.13 Å². The lowest BCUT2D eigenvalue weighted by molar-refractivity contribution is 0.555. The van der Waals surface area contributed by atoms with Gasteiger partial charge in [0, 0.05) is 24.5 Å². The molecular formula is C12H19N5O2S2. The van der Waals surface area contributed by atoms with Crippen LogP contribution < -0.4 is 10.0 Å². The summed E-state index contributed by atoms with van der Waals surface area (Å²) in [4.78, 5) is 0.235. The number of sulfonamides is 1. The van der Waals surface area contributed by atoms with E-state index in [1.807, 2.05) is 25.3 Å². The highest BCUT2D eigenvalue weighted by Gasteiger charge is 2.20. The lowest BCUT2D eigenvalue weighted by Crippen LogP contribution is -2.15. The van der Waals surface area contributed by atoms with Gasteiger partial charge in [-0.1, -0.05) is 18.3 Å². The van der Waals surface area contributed by atoms with Crippen molar-refractivity contribution in [3.05, 3.63) is 23.5 Å². The van der Waals surface area contributed by atoms with Gasteiger partial charge in [0.25, 0.3) is 10.0 Å². The maximum atomic E-state index is 12.4. The summed E-state index contributed by atoms with van der Waals surface area (Å²) < 4.78 is 29.1. The fourth-order valence-corrected chi connectivity index (χ4v) is 3.65. The van der Waals surface area contributed by atoms with Gasteiger partial charge in [0.15, 0.2) is 0 Å². The molecule has 2 N–H and O–H groups in total. The monoisotopic (exact) mass is 329 g/mol. The second kappa shape index (κ2) is 6.54. The van der Waals surface area contributed by atoms with Gasteiger partial charge in [0.05, 0.1) is 0 Å². The van der Waals surface area contributed by atoms with Crippen molar-refractivity contribution in [1.29, 1.82) is 0 Å². The zero-order chi connectivity index (χ0) is 15.5. The first kappa shape index (κ1) is 15.9. The van der Waals surface area contributed by atoms with Gasteiger partial charge in [-0.15, -0.1) is 10.2 Å². The number of nitrogens with one attached hydrogen (secondary N) is 2. The second-order valence-corrected chi connectivity index (χ2v) is 7.31. The molecule has 0 amide bonds. The minimum absolute atomic E-state index is 0.184. The Kier molecular flexibility index (Phi) is 4.96. The van der Waals surface area contributed by atoms with Gasteiger partial charge < -0.3 is 9.88 Å². The summed E-state index contributed by atoms with van der Waals surface area (Å²) in [5.41, 5.74) is 2.41. The third kappa shape index (κ3) is 3.80. The maximum absolute atomic E-state index is 12.4. The molecule has 2 aromatic heterocycles. The number of aromatic nitrogens is 3. The molecule has 7 nitrogen and oxygen atoms in total. The third-order valence-electron chi connectivity index (χ3n) is 2.91. The molecule has 9 heteroatoms. The lowest BCUT2D eigenvalue weighted by Gasteiger charge is -2.12. The molecule has 0 radical (unpaired) electrons. The summed E-state index contributed by atoms with van der Waals surface area (Å²) in [6, 6.07) is 1.87. The van der Waals surface area contributed by atoms with Crippen molar-refractivity contribution in [2.24, 2.45) is 0 Å². The molecule has 21 heavy (non-hydrogen) atoms. The summed E-state index contributed by atoms with van der Waals surface area (Å²) in [5, 5.41) is 10.8. The highest BCUT2D eigenvalue weighted by molar-refractivity contribution is 7.93. The van der Waals surface area contributed by atoms with Gasteiger partial charge in [-0.2, -0.15) is 0 Å². The molecule has 0 bridgehead atoms. The predicted octanol–water partition coefficient (Wildman–Crippen LogP) is 1.83. The fraction of sp³-hybridized carbons (Fsp3) is 0.500. The fourth-order valence-electron chi connectivity index (χ4n) is 1.91. The Morgan fingerprint density at radius 3 is 2.76 bits per heavy atom. The minimum atomic E-state index is -3.63.